The van der Waals surface area contributed by atoms with Gasteiger partial charge in [-0.3, -0.25) is 14.6 Å². The fourth-order valence-electron chi connectivity index (χ4n) is 3.64. The summed E-state index contributed by atoms with van der Waals surface area (Å²) in [7, 11) is 4.48. The first kappa shape index (κ1) is 24.6. The van der Waals surface area contributed by atoms with Crippen molar-refractivity contribution in [2.24, 2.45) is 5.92 Å². The number of fused-ring (bicyclic) bond motifs is 1. The lowest BCUT2D eigenvalue weighted by atomic mass is 10.1. The lowest BCUT2D eigenvalue weighted by molar-refractivity contribution is -0.131. The van der Waals surface area contributed by atoms with Crippen molar-refractivity contribution in [2.75, 3.05) is 52.4 Å². The van der Waals surface area contributed by atoms with E-state index in [1.54, 1.807) is 6.07 Å². The molecule has 1 aromatic carbocycles. The Hall–Kier alpha value is -2.68. The van der Waals surface area contributed by atoms with E-state index in [0.29, 0.717) is 66.9 Å². The van der Waals surface area contributed by atoms with E-state index in [1.165, 1.54) is 21.3 Å². The molecule has 1 saturated heterocycles. The molecule has 31 heavy (non-hydrogen) atoms. The molecule has 0 spiro atoms. The number of carbonyl (C=O) groups excluding carboxylic acids is 1. The van der Waals surface area contributed by atoms with Crippen molar-refractivity contribution in [3.8, 4) is 17.2 Å². The lowest BCUT2D eigenvalue weighted by Crippen LogP contribution is -2.49. The molecule has 0 unspecified atom stereocenters. The predicted molar refractivity (Wildman–Crippen MR) is 122 cm³/mol. The van der Waals surface area contributed by atoms with Crippen LogP contribution in [0.1, 0.15) is 26.7 Å². The van der Waals surface area contributed by atoms with Gasteiger partial charge < -0.3 is 24.0 Å². The topological polar surface area (TPSA) is 97.0 Å². The summed E-state index contributed by atoms with van der Waals surface area (Å²) in [5.41, 5.74) is 0.141. The third kappa shape index (κ3) is 5.15. The highest BCUT2D eigenvalue weighted by Gasteiger charge is 2.25. The van der Waals surface area contributed by atoms with E-state index in [1.807, 2.05) is 9.80 Å². The standard InChI is InChI=1S/C21H30N4O5.ClH/c1-13(2)6-7-16(26)24-8-10-25(11-9-24)21-22-14-12-15(28-3)18(29-4)19(30-5)17(14)20(27)23-21;/h12-13H,6-11H2,1-5H3,(H,22,23,27);1H. The minimum absolute atomic E-state index is 0. The number of ether oxygens (including phenoxy) is 3. The highest BCUT2D eigenvalue weighted by molar-refractivity contribution is 5.90. The minimum Gasteiger partial charge on any atom is -0.493 e. The van der Waals surface area contributed by atoms with Gasteiger partial charge in [-0.25, -0.2) is 4.98 Å². The van der Waals surface area contributed by atoms with Crippen molar-refractivity contribution < 1.29 is 19.0 Å². The molecule has 0 atom stereocenters. The minimum atomic E-state index is -0.316. The first-order valence-electron chi connectivity index (χ1n) is 10.1. The Morgan fingerprint density at radius 2 is 1.74 bits per heavy atom. The van der Waals surface area contributed by atoms with Crippen LogP contribution in [0.4, 0.5) is 5.95 Å². The van der Waals surface area contributed by atoms with Gasteiger partial charge in [-0.1, -0.05) is 13.8 Å². The molecule has 1 aliphatic rings. The average Bonchev–Trinajstić information content (AvgIpc) is 2.75. The van der Waals surface area contributed by atoms with Crippen molar-refractivity contribution >= 4 is 35.2 Å². The van der Waals surface area contributed by atoms with Crippen LogP contribution in [0.2, 0.25) is 0 Å². The fraction of sp³-hybridized carbons (Fsp3) is 0.571. The monoisotopic (exact) mass is 454 g/mol. The fourth-order valence-corrected chi connectivity index (χ4v) is 3.64. The van der Waals surface area contributed by atoms with E-state index in [9.17, 15) is 9.59 Å². The van der Waals surface area contributed by atoms with Gasteiger partial charge in [0.05, 0.1) is 26.8 Å². The van der Waals surface area contributed by atoms with Crippen LogP contribution >= 0.6 is 12.4 Å². The molecular formula is C21H31ClN4O5. The second-order valence-corrected chi connectivity index (χ2v) is 7.73. The molecule has 172 valence electrons. The SMILES string of the molecule is COc1cc2nc(N3CCN(C(=O)CCC(C)C)CC3)[nH]c(=O)c2c(OC)c1OC.Cl. The molecular weight excluding hydrogens is 424 g/mol. The van der Waals surface area contributed by atoms with Gasteiger partial charge in [0.15, 0.2) is 11.5 Å². The second kappa shape index (κ2) is 10.6. The molecule has 2 aromatic rings. The van der Waals surface area contributed by atoms with Gasteiger partial charge in [-0.2, -0.15) is 0 Å². The number of nitrogens with zero attached hydrogens (tertiary/aromatic N) is 3. The van der Waals surface area contributed by atoms with Crippen LogP contribution in [0.3, 0.4) is 0 Å². The Labute approximate surface area is 188 Å². The Morgan fingerprint density at radius 1 is 1.10 bits per heavy atom. The summed E-state index contributed by atoms with van der Waals surface area (Å²) >= 11 is 0. The maximum Gasteiger partial charge on any atom is 0.264 e. The number of hydrogen-bond donors (Lipinski definition) is 1. The zero-order chi connectivity index (χ0) is 21.8. The van der Waals surface area contributed by atoms with Gasteiger partial charge in [-0.05, 0) is 12.3 Å². The molecule has 3 rings (SSSR count). The number of aromatic amines is 1. The molecule has 2 heterocycles. The third-order valence-corrected chi connectivity index (χ3v) is 5.36. The van der Waals surface area contributed by atoms with Crippen LogP contribution in [0.25, 0.3) is 10.9 Å². The van der Waals surface area contributed by atoms with Gasteiger partial charge in [0.25, 0.3) is 5.56 Å². The number of hydrogen-bond acceptors (Lipinski definition) is 7. The summed E-state index contributed by atoms with van der Waals surface area (Å²) in [6.07, 6.45) is 1.47. The smallest absolute Gasteiger partial charge is 0.264 e. The number of rotatable bonds is 7. The van der Waals surface area contributed by atoms with E-state index in [2.05, 4.69) is 23.8 Å². The van der Waals surface area contributed by atoms with Crippen LogP contribution in [0.5, 0.6) is 17.2 Å². The van der Waals surface area contributed by atoms with Gasteiger partial charge in [-0.15, -0.1) is 12.4 Å². The van der Waals surface area contributed by atoms with Crippen molar-refractivity contribution in [2.45, 2.75) is 26.7 Å². The van der Waals surface area contributed by atoms with E-state index in [4.69, 9.17) is 14.2 Å². The molecule has 9 nitrogen and oxygen atoms in total. The Morgan fingerprint density at radius 3 is 2.29 bits per heavy atom. The molecule has 0 aliphatic carbocycles. The Bertz CT molecular complexity index is 970. The Kier molecular flexibility index (Phi) is 8.38. The first-order valence-corrected chi connectivity index (χ1v) is 10.1. The van der Waals surface area contributed by atoms with Crippen LogP contribution < -0.4 is 24.7 Å². The predicted octanol–water partition coefficient (Wildman–Crippen LogP) is 2.46. The summed E-state index contributed by atoms with van der Waals surface area (Å²) < 4.78 is 16.2. The zero-order valence-corrected chi connectivity index (χ0v) is 19.5. The van der Waals surface area contributed by atoms with Crippen molar-refractivity contribution in [1.82, 2.24) is 14.9 Å². The number of nitrogens with one attached hydrogen (secondary N) is 1. The molecule has 1 aromatic heterocycles. The number of benzene rings is 1. The summed E-state index contributed by atoms with van der Waals surface area (Å²) in [6.45, 7) is 6.65. The average molecular weight is 455 g/mol. The summed E-state index contributed by atoms with van der Waals surface area (Å²) in [4.78, 5) is 36.6. The maximum absolute atomic E-state index is 12.8. The number of halogens is 1. The van der Waals surface area contributed by atoms with Gasteiger partial charge >= 0.3 is 0 Å². The highest BCUT2D eigenvalue weighted by atomic mass is 35.5. The number of methoxy groups -OCH3 is 3. The van der Waals surface area contributed by atoms with E-state index >= 15 is 0 Å². The van der Waals surface area contributed by atoms with Crippen LogP contribution in [-0.4, -0.2) is 68.3 Å². The summed E-state index contributed by atoms with van der Waals surface area (Å²) in [5, 5.41) is 0.307. The van der Waals surface area contributed by atoms with Crippen LogP contribution in [0, 0.1) is 5.92 Å². The van der Waals surface area contributed by atoms with Gasteiger partial charge in [0.2, 0.25) is 17.6 Å². The molecule has 0 bridgehead atoms. The zero-order valence-electron chi connectivity index (χ0n) is 18.7. The lowest BCUT2D eigenvalue weighted by Gasteiger charge is -2.35. The van der Waals surface area contributed by atoms with Crippen molar-refractivity contribution in [1.29, 1.82) is 0 Å². The van der Waals surface area contributed by atoms with Crippen LogP contribution in [-0.2, 0) is 4.79 Å². The van der Waals surface area contributed by atoms with E-state index in [0.717, 1.165) is 6.42 Å². The molecule has 1 N–H and O–H groups in total. The maximum atomic E-state index is 12.8. The molecule has 1 amide bonds. The van der Waals surface area contributed by atoms with Crippen molar-refractivity contribution in [3.05, 3.63) is 16.4 Å². The number of amides is 1. The van der Waals surface area contributed by atoms with Crippen LogP contribution in [0.15, 0.2) is 10.9 Å². The first-order chi connectivity index (χ1) is 14.4. The largest absolute Gasteiger partial charge is 0.493 e. The molecule has 0 radical (unpaired) electrons. The summed E-state index contributed by atoms with van der Waals surface area (Å²) in [6, 6.07) is 1.67. The summed E-state index contributed by atoms with van der Waals surface area (Å²) in [5.74, 6) is 2.23. The van der Waals surface area contributed by atoms with E-state index < -0.39 is 0 Å². The van der Waals surface area contributed by atoms with Gasteiger partial charge in [0, 0.05) is 38.7 Å². The molecule has 0 saturated carbocycles. The molecule has 1 aliphatic heterocycles. The molecule has 1 fully saturated rings. The number of carbonyl (C=O) groups is 1. The number of anilines is 1. The van der Waals surface area contributed by atoms with Gasteiger partial charge in [0.1, 0.15) is 5.39 Å². The Balaban J connectivity index is 0.00000341. The second-order valence-electron chi connectivity index (χ2n) is 7.73. The highest BCUT2D eigenvalue weighted by Crippen LogP contribution is 2.41. The number of piperazine rings is 1. The van der Waals surface area contributed by atoms with Crippen molar-refractivity contribution in [3.63, 3.8) is 0 Å². The number of H-pyrrole nitrogens is 1. The third-order valence-electron chi connectivity index (χ3n) is 5.36. The number of aromatic nitrogens is 2. The van der Waals surface area contributed by atoms with E-state index in [-0.39, 0.29) is 29.6 Å². The molecule has 10 heteroatoms. The normalized spacial score (nSPS) is 13.9. The quantitative estimate of drug-likeness (QED) is 0.686.